The molecule has 1 fully saturated rings. The molecule has 0 radical (unpaired) electrons. The zero-order valence-electron chi connectivity index (χ0n) is 17.5. The minimum Gasteiger partial charge on any atom is -0.336 e. The first-order valence-corrected chi connectivity index (χ1v) is 11.3. The first-order chi connectivity index (χ1) is 14.1. The molecule has 0 spiro atoms. The zero-order valence-corrected chi connectivity index (χ0v) is 18.3. The van der Waals surface area contributed by atoms with Crippen LogP contribution in [0.3, 0.4) is 0 Å². The van der Waals surface area contributed by atoms with Crippen molar-refractivity contribution in [3.63, 3.8) is 0 Å². The Labute approximate surface area is 174 Å². The van der Waals surface area contributed by atoms with Crippen molar-refractivity contribution in [2.45, 2.75) is 37.5 Å². The molecule has 0 amide bonds. The summed E-state index contributed by atoms with van der Waals surface area (Å²) in [4.78, 5) is 32.5. The van der Waals surface area contributed by atoms with Crippen LogP contribution in [0.5, 0.6) is 0 Å². The van der Waals surface area contributed by atoms with Crippen molar-refractivity contribution in [2.24, 2.45) is 14.1 Å². The number of benzene rings is 1. The summed E-state index contributed by atoms with van der Waals surface area (Å²) in [6.07, 6.45) is 1.43. The van der Waals surface area contributed by atoms with E-state index in [0.29, 0.717) is 29.2 Å². The van der Waals surface area contributed by atoms with Crippen LogP contribution in [0.25, 0.3) is 11.2 Å². The molecule has 3 heterocycles. The molecular formula is C20H25N5O4S. The molecule has 1 unspecified atom stereocenters. The molecule has 0 saturated carbocycles. The van der Waals surface area contributed by atoms with Crippen LogP contribution in [0.1, 0.15) is 35.7 Å². The number of hydrogen-bond donors (Lipinski definition) is 1. The van der Waals surface area contributed by atoms with E-state index in [4.69, 9.17) is 0 Å². The lowest BCUT2D eigenvalue weighted by atomic mass is 9.99. The number of nitrogens with zero attached hydrogens (tertiary/aromatic N) is 4. The van der Waals surface area contributed by atoms with E-state index in [1.165, 1.54) is 15.9 Å². The summed E-state index contributed by atoms with van der Waals surface area (Å²) >= 11 is 0. The Morgan fingerprint density at radius 3 is 2.60 bits per heavy atom. The van der Waals surface area contributed by atoms with E-state index in [-0.39, 0.29) is 23.6 Å². The number of rotatable bonds is 3. The topological polar surface area (TPSA) is 110 Å². The summed E-state index contributed by atoms with van der Waals surface area (Å²) in [5.41, 5.74) is 1.25. The van der Waals surface area contributed by atoms with E-state index in [0.717, 1.165) is 16.6 Å². The van der Waals surface area contributed by atoms with Gasteiger partial charge in [0.05, 0.1) is 4.90 Å². The summed E-state index contributed by atoms with van der Waals surface area (Å²) in [5, 5.41) is 0. The SMILES string of the molecule is Cc1ccc(C)c(S(=O)(=O)N2CCCC(c3nc4c([nH]3)c(=O)n(C)c(=O)n4C)C2)c1. The summed E-state index contributed by atoms with van der Waals surface area (Å²) in [7, 11) is -0.663. The molecular weight excluding hydrogens is 406 g/mol. The molecule has 1 aromatic carbocycles. The number of piperidine rings is 1. The van der Waals surface area contributed by atoms with Crippen molar-refractivity contribution in [2.75, 3.05) is 13.1 Å². The molecule has 160 valence electrons. The van der Waals surface area contributed by atoms with Crippen molar-refractivity contribution in [1.82, 2.24) is 23.4 Å². The van der Waals surface area contributed by atoms with Gasteiger partial charge in [0, 0.05) is 33.1 Å². The summed E-state index contributed by atoms with van der Waals surface area (Å²) in [5.74, 6) is 0.343. The van der Waals surface area contributed by atoms with Crippen molar-refractivity contribution < 1.29 is 8.42 Å². The van der Waals surface area contributed by atoms with Crippen molar-refractivity contribution in [1.29, 1.82) is 0 Å². The predicted octanol–water partition coefficient (Wildman–Crippen LogP) is 1.15. The Morgan fingerprint density at radius 2 is 1.87 bits per heavy atom. The first kappa shape index (κ1) is 20.5. The summed E-state index contributed by atoms with van der Waals surface area (Å²) in [6, 6.07) is 5.42. The highest BCUT2D eigenvalue weighted by Gasteiger charge is 2.33. The fourth-order valence-corrected chi connectivity index (χ4v) is 5.88. The van der Waals surface area contributed by atoms with Crippen LogP contribution in [0.15, 0.2) is 32.7 Å². The average molecular weight is 432 g/mol. The Kier molecular flexibility index (Phi) is 4.94. The number of aryl methyl sites for hydroxylation is 3. The van der Waals surface area contributed by atoms with Crippen molar-refractivity contribution >= 4 is 21.2 Å². The minimum atomic E-state index is -3.65. The molecule has 9 nitrogen and oxygen atoms in total. The molecule has 1 N–H and O–H groups in total. The maximum atomic E-state index is 13.3. The fraction of sp³-hybridized carbons (Fsp3) is 0.450. The normalized spacial score (nSPS) is 18.2. The Bertz CT molecular complexity index is 1370. The third-order valence-electron chi connectivity index (χ3n) is 5.85. The van der Waals surface area contributed by atoms with E-state index in [9.17, 15) is 18.0 Å². The summed E-state index contributed by atoms with van der Waals surface area (Å²) in [6.45, 7) is 4.37. The van der Waals surface area contributed by atoms with Gasteiger partial charge in [-0.3, -0.25) is 13.9 Å². The van der Waals surface area contributed by atoms with Crippen LogP contribution < -0.4 is 11.2 Å². The average Bonchev–Trinajstić information content (AvgIpc) is 3.18. The molecule has 0 aliphatic carbocycles. The number of sulfonamides is 1. The van der Waals surface area contributed by atoms with Gasteiger partial charge in [-0.2, -0.15) is 4.31 Å². The van der Waals surface area contributed by atoms with Crippen LogP contribution in [-0.2, 0) is 24.1 Å². The van der Waals surface area contributed by atoms with E-state index in [1.807, 2.05) is 19.1 Å². The van der Waals surface area contributed by atoms with Gasteiger partial charge in [-0.05, 0) is 43.9 Å². The fourth-order valence-electron chi connectivity index (χ4n) is 4.05. The molecule has 1 aliphatic heterocycles. The van der Waals surface area contributed by atoms with Crippen LogP contribution in [0.2, 0.25) is 0 Å². The lowest BCUT2D eigenvalue weighted by molar-refractivity contribution is 0.310. The molecule has 1 saturated heterocycles. The van der Waals surface area contributed by atoms with Gasteiger partial charge in [0.15, 0.2) is 5.65 Å². The lowest BCUT2D eigenvalue weighted by Crippen LogP contribution is -2.39. The number of H-pyrrole nitrogens is 1. The highest BCUT2D eigenvalue weighted by molar-refractivity contribution is 7.89. The number of fused-ring (bicyclic) bond motifs is 1. The van der Waals surface area contributed by atoms with Gasteiger partial charge >= 0.3 is 5.69 Å². The maximum Gasteiger partial charge on any atom is 0.332 e. The number of imidazole rings is 1. The van der Waals surface area contributed by atoms with Gasteiger partial charge in [-0.15, -0.1) is 0 Å². The first-order valence-electron chi connectivity index (χ1n) is 9.84. The molecule has 1 aliphatic rings. The van der Waals surface area contributed by atoms with Crippen molar-refractivity contribution in [3.8, 4) is 0 Å². The quantitative estimate of drug-likeness (QED) is 0.669. The monoisotopic (exact) mass is 431 g/mol. The van der Waals surface area contributed by atoms with Crippen molar-refractivity contribution in [3.05, 3.63) is 56.0 Å². The molecule has 30 heavy (non-hydrogen) atoms. The Morgan fingerprint density at radius 1 is 1.13 bits per heavy atom. The second-order valence-electron chi connectivity index (χ2n) is 8.00. The second-order valence-corrected chi connectivity index (χ2v) is 9.90. The minimum absolute atomic E-state index is 0.189. The van der Waals surface area contributed by atoms with Gasteiger partial charge in [0.25, 0.3) is 5.56 Å². The van der Waals surface area contributed by atoms with E-state index >= 15 is 0 Å². The highest BCUT2D eigenvalue weighted by atomic mass is 32.2. The number of hydrogen-bond acceptors (Lipinski definition) is 5. The van der Waals surface area contributed by atoms with Gasteiger partial charge in [-0.25, -0.2) is 18.2 Å². The predicted molar refractivity (Wildman–Crippen MR) is 113 cm³/mol. The number of aromatic amines is 1. The molecule has 3 aromatic rings. The third-order valence-corrected chi connectivity index (χ3v) is 7.85. The third kappa shape index (κ3) is 3.20. The number of aromatic nitrogens is 4. The van der Waals surface area contributed by atoms with Crippen LogP contribution in [-0.4, -0.2) is 44.9 Å². The van der Waals surface area contributed by atoms with Crippen LogP contribution in [0.4, 0.5) is 0 Å². The second kappa shape index (κ2) is 7.21. The smallest absolute Gasteiger partial charge is 0.332 e. The molecule has 1 atom stereocenters. The maximum absolute atomic E-state index is 13.3. The molecule has 0 bridgehead atoms. The zero-order chi connectivity index (χ0) is 21.8. The molecule has 10 heteroatoms. The van der Waals surface area contributed by atoms with E-state index in [1.54, 1.807) is 20.0 Å². The highest BCUT2D eigenvalue weighted by Crippen LogP contribution is 2.30. The van der Waals surface area contributed by atoms with E-state index < -0.39 is 21.3 Å². The molecule has 2 aromatic heterocycles. The van der Waals surface area contributed by atoms with Gasteiger partial charge < -0.3 is 4.98 Å². The van der Waals surface area contributed by atoms with Gasteiger partial charge in [0.1, 0.15) is 11.3 Å². The lowest BCUT2D eigenvalue weighted by Gasteiger charge is -2.31. The standard InChI is InChI=1S/C20H25N5O4S/c1-12-7-8-13(2)15(10-12)30(28,29)25-9-5-6-14(11-25)17-21-16-18(22-17)23(3)20(27)24(4)19(16)26/h7-8,10,14H,5-6,9,11H2,1-4H3,(H,21,22). The van der Waals surface area contributed by atoms with Gasteiger partial charge in [-0.1, -0.05) is 12.1 Å². The molecule has 4 rings (SSSR count). The Hall–Kier alpha value is -2.72. The van der Waals surface area contributed by atoms with Crippen LogP contribution >= 0.6 is 0 Å². The summed E-state index contributed by atoms with van der Waals surface area (Å²) < 4.78 is 30.5. The van der Waals surface area contributed by atoms with Crippen LogP contribution in [0, 0.1) is 13.8 Å². The number of nitrogens with one attached hydrogen (secondary N) is 1. The Balaban J connectivity index is 1.72. The van der Waals surface area contributed by atoms with Gasteiger partial charge in [0.2, 0.25) is 10.0 Å². The van der Waals surface area contributed by atoms with E-state index in [2.05, 4.69) is 9.97 Å². The largest absolute Gasteiger partial charge is 0.336 e.